The Labute approximate surface area is 183 Å². The Morgan fingerprint density at radius 3 is 2.89 bits per heavy atom. The summed E-state index contributed by atoms with van der Waals surface area (Å²) >= 11 is 5.68. The maximum atomic E-state index is 16.6. The fourth-order valence-electron chi connectivity index (χ4n) is 2.51. The third-order valence-corrected chi connectivity index (χ3v) is 4.41. The number of aromatic nitrogens is 1. The quantitative estimate of drug-likeness (QED) is 0.631. The molecule has 1 aliphatic heterocycles. The first-order valence-corrected chi connectivity index (χ1v) is 8.89. The Kier molecular flexibility index (Phi) is 3.61. The first kappa shape index (κ1) is 11.2. The number of pyridine rings is 1. The van der Waals surface area contributed by atoms with Gasteiger partial charge in [-0.25, -0.2) is 8.78 Å². The number of amides is 1. The molecule has 1 aliphatic rings. The van der Waals surface area contributed by atoms with E-state index in [9.17, 15) is 9.18 Å². The summed E-state index contributed by atoms with van der Waals surface area (Å²) in [4.78, 5) is 17.2. The van der Waals surface area contributed by atoms with Crippen molar-refractivity contribution in [3.63, 3.8) is 0 Å². The topological polar surface area (TPSA) is 33.2 Å². The lowest BCUT2D eigenvalue weighted by molar-refractivity contribution is 0.0389. The molecule has 1 aromatic heterocycles. The molecule has 28 heavy (non-hydrogen) atoms. The number of rotatable bonds is 6. The minimum Gasteiger partial charge on any atom is -0.338 e. The van der Waals surface area contributed by atoms with Crippen LogP contribution in [0.5, 0.6) is 0 Å². The molecule has 3 rings (SSSR count). The predicted molar refractivity (Wildman–Crippen MR) is 107 cm³/mol. The van der Waals surface area contributed by atoms with Crippen LogP contribution >= 0.6 is 11.6 Å². The molecule has 0 radical (unpaired) electrons. The van der Waals surface area contributed by atoms with Crippen molar-refractivity contribution >= 4 is 17.5 Å². The van der Waals surface area contributed by atoms with Gasteiger partial charge in [-0.15, -0.1) is 0 Å². The van der Waals surface area contributed by atoms with Crippen molar-refractivity contribution in [2.75, 3.05) is 13.0 Å². The van der Waals surface area contributed by atoms with Gasteiger partial charge in [0.2, 0.25) is 0 Å². The molecule has 2 heterocycles. The summed E-state index contributed by atoms with van der Waals surface area (Å²) in [5.41, 5.74) is -4.02. The van der Waals surface area contributed by atoms with Gasteiger partial charge in [0.05, 0.1) is 5.02 Å². The predicted octanol–water partition coefficient (Wildman–Crippen LogP) is 5.40. The molecule has 0 N–H and O–H groups in total. The number of benzene rings is 1. The number of halogens is 3. The number of carbonyl (C=O) groups excluding carboxylic acids is 1. The van der Waals surface area contributed by atoms with E-state index in [1.807, 2.05) is 0 Å². The molecule has 1 unspecified atom stereocenters. The van der Waals surface area contributed by atoms with Crippen LogP contribution in [0.3, 0.4) is 0 Å². The van der Waals surface area contributed by atoms with Crippen LogP contribution in [0, 0.1) is 5.82 Å². The minimum atomic E-state index is -4.07. The highest BCUT2D eigenvalue weighted by atomic mass is 35.5. The number of hydrogen-bond acceptors (Lipinski definition) is 2. The Hall–Kier alpha value is -2.01. The number of hydrogen-bond donors (Lipinski definition) is 0. The molecule has 150 valence electrons. The summed E-state index contributed by atoms with van der Waals surface area (Å²) in [6, 6.07) is 5.38. The standard InChI is InChI=1S/C22H25ClF2N2O/c1-2-16-5-7-18(26-15-16)4-3-9-22(25)10-12-27(13-11-22)21(28)17-6-8-20(24)19(23)14-17/h5-8,14-15H,2-4,9-13H2,1H3/i2D2,9D2,10D2,11D2,12D2. The lowest BCUT2D eigenvalue weighted by Crippen LogP contribution is -2.44. The van der Waals surface area contributed by atoms with Crippen LogP contribution in [-0.2, 0) is 12.8 Å². The van der Waals surface area contributed by atoms with Crippen molar-refractivity contribution in [3.8, 4) is 0 Å². The summed E-state index contributed by atoms with van der Waals surface area (Å²) in [5, 5.41) is -0.493. The van der Waals surface area contributed by atoms with Gasteiger partial charge in [-0.05, 0) is 68.2 Å². The molecule has 3 nitrogen and oxygen atoms in total. The van der Waals surface area contributed by atoms with Gasteiger partial charge in [0.15, 0.2) is 0 Å². The van der Waals surface area contributed by atoms with Gasteiger partial charge < -0.3 is 4.90 Å². The van der Waals surface area contributed by atoms with E-state index in [2.05, 4.69) is 4.98 Å². The summed E-state index contributed by atoms with van der Waals surface area (Å²) in [6.07, 6.45) is -12.2. The van der Waals surface area contributed by atoms with Crippen molar-refractivity contribution in [2.24, 2.45) is 0 Å². The molecule has 1 atom stereocenters. The van der Waals surface area contributed by atoms with Crippen molar-refractivity contribution in [1.82, 2.24) is 9.88 Å². The van der Waals surface area contributed by atoms with Gasteiger partial charge in [-0.3, -0.25) is 9.78 Å². The second-order valence-electron chi connectivity index (χ2n) is 6.06. The first-order chi connectivity index (χ1) is 17.1. The Morgan fingerprint density at radius 2 is 2.21 bits per heavy atom. The number of aryl methyl sites for hydroxylation is 2. The second kappa shape index (κ2) is 8.99. The third-order valence-electron chi connectivity index (χ3n) is 4.12. The van der Waals surface area contributed by atoms with Crippen molar-refractivity contribution in [3.05, 3.63) is 64.2 Å². The average Bonchev–Trinajstić information content (AvgIpc) is 2.80. The van der Waals surface area contributed by atoms with Crippen LogP contribution in [0.2, 0.25) is 5.02 Å². The van der Waals surface area contributed by atoms with Gasteiger partial charge in [0, 0.05) is 44.2 Å². The number of alkyl halides is 1. The molecule has 1 amide bonds. The Bertz CT molecular complexity index is 1220. The van der Waals surface area contributed by atoms with Crippen LogP contribution in [0.1, 0.15) is 67.8 Å². The Balaban J connectivity index is 1.96. The fraction of sp³-hybridized carbons (Fsp3) is 0.455. The molecule has 0 aliphatic carbocycles. The molecule has 6 heteroatoms. The maximum absolute atomic E-state index is 16.6. The summed E-state index contributed by atoms with van der Waals surface area (Å²) in [7, 11) is 0. The van der Waals surface area contributed by atoms with E-state index in [1.165, 1.54) is 25.3 Å². The minimum absolute atomic E-state index is 0.128. The molecule has 1 saturated heterocycles. The van der Waals surface area contributed by atoms with Crippen LogP contribution in [0.15, 0.2) is 36.5 Å². The van der Waals surface area contributed by atoms with Crippen LogP contribution < -0.4 is 0 Å². The first-order valence-electron chi connectivity index (χ1n) is 13.5. The molecule has 1 aromatic carbocycles. The van der Waals surface area contributed by atoms with Crippen molar-refractivity contribution < 1.29 is 27.3 Å². The molecule has 0 saturated carbocycles. The maximum Gasteiger partial charge on any atom is 0.253 e. The summed E-state index contributed by atoms with van der Waals surface area (Å²) in [5.74, 6) is -2.17. The van der Waals surface area contributed by atoms with Gasteiger partial charge >= 0.3 is 0 Å². The molecule has 0 bridgehead atoms. The lowest BCUT2D eigenvalue weighted by atomic mass is 9.87. The van der Waals surface area contributed by atoms with Crippen molar-refractivity contribution in [1.29, 1.82) is 0 Å². The fourth-order valence-corrected chi connectivity index (χ4v) is 2.69. The van der Waals surface area contributed by atoms with E-state index < -0.39 is 72.9 Å². The molecular weight excluding hydrogens is 382 g/mol. The number of carbonyl (C=O) groups is 1. The van der Waals surface area contributed by atoms with Crippen LogP contribution in [0.4, 0.5) is 8.78 Å². The third kappa shape index (κ3) is 5.07. The van der Waals surface area contributed by atoms with Gasteiger partial charge in [0.25, 0.3) is 5.91 Å². The highest BCUT2D eigenvalue weighted by Crippen LogP contribution is 2.32. The van der Waals surface area contributed by atoms with E-state index in [0.717, 1.165) is 18.2 Å². The highest BCUT2D eigenvalue weighted by Gasteiger charge is 2.35. The smallest absolute Gasteiger partial charge is 0.253 e. The molecular formula is C22H25ClF2N2O. The SMILES string of the molecule is [2H]C([2H])(C)c1ccc(CCC([2H])([2H])C2(F)C([2H])([2H])CN(C(=O)c3ccc(F)c(Cl)c3)C([2H])([2H])C2([2H])[2H])nc1. The van der Waals surface area contributed by atoms with E-state index in [1.54, 1.807) is 0 Å². The molecule has 0 spiro atoms. The van der Waals surface area contributed by atoms with Crippen molar-refractivity contribution in [2.45, 2.75) is 50.9 Å². The summed E-state index contributed by atoms with van der Waals surface area (Å²) in [6.45, 7) is -3.57. The van der Waals surface area contributed by atoms with E-state index in [4.69, 9.17) is 25.3 Å². The number of piperidine rings is 1. The normalized spacial score (nSPS) is 31.4. The van der Waals surface area contributed by atoms with Crippen LogP contribution in [0.25, 0.3) is 0 Å². The zero-order chi connectivity index (χ0) is 29.1. The molecule has 2 aromatic rings. The van der Waals surface area contributed by atoms with Gasteiger partial charge in [-0.1, -0.05) is 24.6 Å². The second-order valence-corrected chi connectivity index (χ2v) is 6.46. The van der Waals surface area contributed by atoms with E-state index in [0.29, 0.717) is 0 Å². The monoisotopic (exact) mass is 416 g/mol. The lowest BCUT2D eigenvalue weighted by Gasteiger charge is -2.36. The zero-order valence-electron chi connectivity index (χ0n) is 25.0. The summed E-state index contributed by atoms with van der Waals surface area (Å²) < 4.78 is 112. The molecule has 1 fully saturated rings. The number of nitrogens with zero attached hydrogens (tertiary/aromatic N) is 2. The largest absolute Gasteiger partial charge is 0.338 e. The zero-order valence-corrected chi connectivity index (χ0v) is 15.8. The van der Waals surface area contributed by atoms with E-state index >= 15 is 4.39 Å². The van der Waals surface area contributed by atoms with Gasteiger partial charge in [0.1, 0.15) is 11.5 Å². The number of likely N-dealkylation sites (tertiary alicyclic amines) is 1. The highest BCUT2D eigenvalue weighted by molar-refractivity contribution is 6.31. The average molecular weight is 417 g/mol. The Morgan fingerprint density at radius 1 is 1.39 bits per heavy atom. The van der Waals surface area contributed by atoms with Crippen LogP contribution in [-0.4, -0.2) is 34.5 Å². The van der Waals surface area contributed by atoms with E-state index in [-0.39, 0.29) is 22.6 Å². The van der Waals surface area contributed by atoms with Gasteiger partial charge in [-0.2, -0.15) is 0 Å².